The van der Waals surface area contributed by atoms with Crippen LogP contribution in [0.4, 0.5) is 5.82 Å². The number of anilines is 1. The fourth-order valence-corrected chi connectivity index (χ4v) is 2.91. The van der Waals surface area contributed by atoms with Crippen molar-refractivity contribution in [1.29, 1.82) is 0 Å². The van der Waals surface area contributed by atoms with Gasteiger partial charge in [0.1, 0.15) is 11.3 Å². The van der Waals surface area contributed by atoms with Crippen LogP contribution < -0.4 is 5.32 Å². The van der Waals surface area contributed by atoms with Gasteiger partial charge in [0.05, 0.1) is 12.1 Å². The number of benzene rings is 2. The van der Waals surface area contributed by atoms with Gasteiger partial charge < -0.3 is 5.32 Å². The molecule has 0 saturated carbocycles. The van der Waals surface area contributed by atoms with Crippen LogP contribution in [0.25, 0.3) is 11.0 Å². The van der Waals surface area contributed by atoms with Crippen molar-refractivity contribution in [2.45, 2.75) is 20.4 Å². The first kappa shape index (κ1) is 16.9. The summed E-state index contributed by atoms with van der Waals surface area (Å²) in [6.07, 6.45) is 1.72. The number of rotatable bonds is 4. The molecule has 6 heteroatoms. The van der Waals surface area contributed by atoms with Crippen LogP contribution in [0.1, 0.15) is 27.0 Å². The third-order valence-corrected chi connectivity index (χ3v) is 4.51. The fourth-order valence-electron chi connectivity index (χ4n) is 2.91. The van der Waals surface area contributed by atoms with Crippen LogP contribution in [0.5, 0.6) is 0 Å². The number of carbonyl (C=O) groups is 1. The molecule has 2 heterocycles. The summed E-state index contributed by atoms with van der Waals surface area (Å²) in [6, 6.07) is 17.3. The lowest BCUT2D eigenvalue weighted by molar-refractivity contribution is 0.102. The molecule has 0 fully saturated rings. The Labute approximate surface area is 156 Å². The smallest absolute Gasteiger partial charge is 0.256 e. The molecular formula is C21H19N5O. The van der Waals surface area contributed by atoms with E-state index in [1.165, 1.54) is 11.1 Å². The summed E-state index contributed by atoms with van der Waals surface area (Å²) in [6.45, 7) is 4.67. The number of fused-ring (bicyclic) bond motifs is 1. The van der Waals surface area contributed by atoms with E-state index in [2.05, 4.69) is 39.7 Å². The van der Waals surface area contributed by atoms with Gasteiger partial charge in [-0.3, -0.25) is 4.79 Å². The Morgan fingerprint density at radius 1 is 1.07 bits per heavy atom. The lowest BCUT2D eigenvalue weighted by atomic mass is 10.1. The minimum atomic E-state index is -0.221. The van der Waals surface area contributed by atoms with E-state index in [0.717, 1.165) is 11.1 Å². The van der Waals surface area contributed by atoms with Crippen molar-refractivity contribution in [3.8, 4) is 0 Å². The van der Waals surface area contributed by atoms with Crippen molar-refractivity contribution in [3.05, 3.63) is 83.0 Å². The van der Waals surface area contributed by atoms with Crippen LogP contribution in [-0.4, -0.2) is 25.9 Å². The SMILES string of the molecule is Cc1ccc(NC(=O)c2ccc3c(c2)nnn3Cc2ccccc2C)nc1. The lowest BCUT2D eigenvalue weighted by Gasteiger charge is -2.07. The number of nitrogens with one attached hydrogen (secondary N) is 1. The summed E-state index contributed by atoms with van der Waals surface area (Å²) in [7, 11) is 0. The second kappa shape index (κ2) is 6.99. The number of nitrogens with zero attached hydrogens (tertiary/aromatic N) is 4. The van der Waals surface area contributed by atoms with E-state index < -0.39 is 0 Å². The highest BCUT2D eigenvalue weighted by molar-refractivity contribution is 6.05. The monoisotopic (exact) mass is 357 g/mol. The molecule has 27 heavy (non-hydrogen) atoms. The van der Waals surface area contributed by atoms with E-state index >= 15 is 0 Å². The van der Waals surface area contributed by atoms with Gasteiger partial charge in [-0.05, 0) is 54.8 Å². The predicted octanol–water partition coefficient (Wildman–Crippen LogP) is 3.74. The molecule has 0 atom stereocenters. The normalized spacial score (nSPS) is 10.9. The summed E-state index contributed by atoms with van der Waals surface area (Å²) in [5.41, 5.74) is 5.54. The first-order valence-corrected chi connectivity index (χ1v) is 8.72. The van der Waals surface area contributed by atoms with Gasteiger partial charge in [-0.2, -0.15) is 0 Å². The third kappa shape index (κ3) is 3.55. The highest BCUT2D eigenvalue weighted by Gasteiger charge is 2.12. The maximum atomic E-state index is 12.5. The Bertz CT molecular complexity index is 1120. The Balaban J connectivity index is 1.57. The molecule has 2 aromatic carbocycles. The second-order valence-corrected chi connectivity index (χ2v) is 6.55. The maximum Gasteiger partial charge on any atom is 0.256 e. The largest absolute Gasteiger partial charge is 0.307 e. The van der Waals surface area contributed by atoms with Gasteiger partial charge in [0.2, 0.25) is 0 Å². The average molecular weight is 357 g/mol. The molecule has 0 bridgehead atoms. The van der Waals surface area contributed by atoms with E-state index in [1.807, 2.05) is 35.9 Å². The molecule has 1 amide bonds. The number of aryl methyl sites for hydroxylation is 2. The molecule has 6 nitrogen and oxygen atoms in total. The van der Waals surface area contributed by atoms with Crippen molar-refractivity contribution >= 4 is 22.8 Å². The summed E-state index contributed by atoms with van der Waals surface area (Å²) < 4.78 is 1.85. The Hall–Kier alpha value is -3.54. The van der Waals surface area contributed by atoms with Crippen molar-refractivity contribution in [2.24, 2.45) is 0 Å². The van der Waals surface area contributed by atoms with Crippen LogP contribution in [-0.2, 0) is 6.54 Å². The molecular weight excluding hydrogens is 338 g/mol. The van der Waals surface area contributed by atoms with Crippen molar-refractivity contribution in [2.75, 3.05) is 5.32 Å². The van der Waals surface area contributed by atoms with Gasteiger partial charge in [-0.25, -0.2) is 9.67 Å². The van der Waals surface area contributed by atoms with Gasteiger partial charge in [0.15, 0.2) is 0 Å². The number of carbonyl (C=O) groups excluding carboxylic acids is 1. The zero-order valence-corrected chi connectivity index (χ0v) is 15.2. The molecule has 0 aliphatic rings. The van der Waals surface area contributed by atoms with E-state index in [1.54, 1.807) is 24.4 Å². The molecule has 2 aromatic heterocycles. The van der Waals surface area contributed by atoms with Crippen LogP contribution >= 0.6 is 0 Å². The molecule has 0 spiro atoms. The Kier molecular flexibility index (Phi) is 4.38. The zero-order chi connectivity index (χ0) is 18.8. The highest BCUT2D eigenvalue weighted by Crippen LogP contribution is 2.17. The predicted molar refractivity (Wildman–Crippen MR) is 105 cm³/mol. The Morgan fingerprint density at radius 2 is 1.93 bits per heavy atom. The highest BCUT2D eigenvalue weighted by atomic mass is 16.1. The minimum Gasteiger partial charge on any atom is -0.307 e. The van der Waals surface area contributed by atoms with Crippen LogP contribution in [0.15, 0.2) is 60.8 Å². The van der Waals surface area contributed by atoms with Gasteiger partial charge in [0.25, 0.3) is 5.91 Å². The molecule has 0 unspecified atom stereocenters. The van der Waals surface area contributed by atoms with Gasteiger partial charge in [-0.1, -0.05) is 35.5 Å². The minimum absolute atomic E-state index is 0.221. The first-order chi connectivity index (χ1) is 13.1. The topological polar surface area (TPSA) is 72.7 Å². The van der Waals surface area contributed by atoms with Gasteiger partial charge >= 0.3 is 0 Å². The average Bonchev–Trinajstić information content (AvgIpc) is 3.07. The molecule has 1 N–H and O–H groups in total. The van der Waals surface area contributed by atoms with Crippen molar-refractivity contribution in [1.82, 2.24) is 20.0 Å². The first-order valence-electron chi connectivity index (χ1n) is 8.72. The number of hydrogen-bond acceptors (Lipinski definition) is 4. The number of aromatic nitrogens is 4. The quantitative estimate of drug-likeness (QED) is 0.604. The Morgan fingerprint density at radius 3 is 2.70 bits per heavy atom. The van der Waals surface area contributed by atoms with Crippen molar-refractivity contribution in [3.63, 3.8) is 0 Å². The summed E-state index contributed by atoms with van der Waals surface area (Å²) >= 11 is 0. The van der Waals surface area contributed by atoms with E-state index in [0.29, 0.717) is 23.4 Å². The zero-order valence-electron chi connectivity index (χ0n) is 15.2. The molecule has 0 saturated heterocycles. The molecule has 0 aliphatic carbocycles. The fraction of sp³-hybridized carbons (Fsp3) is 0.143. The van der Waals surface area contributed by atoms with E-state index in [4.69, 9.17) is 0 Å². The number of pyridine rings is 1. The summed E-state index contributed by atoms with van der Waals surface area (Å²) in [5.74, 6) is 0.301. The standard InChI is InChI=1S/C21H19N5O/c1-14-7-10-20(22-12-14)23-21(27)16-8-9-19-18(11-16)24-25-26(19)13-17-6-4-3-5-15(17)2/h3-12H,13H2,1-2H3,(H,22,23,27). The van der Waals surface area contributed by atoms with E-state index in [-0.39, 0.29) is 5.91 Å². The summed E-state index contributed by atoms with van der Waals surface area (Å²) in [5, 5.41) is 11.3. The van der Waals surface area contributed by atoms with Gasteiger partial charge in [-0.15, -0.1) is 5.10 Å². The van der Waals surface area contributed by atoms with Crippen molar-refractivity contribution < 1.29 is 4.79 Å². The molecule has 4 aromatic rings. The van der Waals surface area contributed by atoms with Crippen LogP contribution in [0.2, 0.25) is 0 Å². The van der Waals surface area contributed by atoms with Crippen LogP contribution in [0, 0.1) is 13.8 Å². The maximum absolute atomic E-state index is 12.5. The summed E-state index contributed by atoms with van der Waals surface area (Å²) in [4.78, 5) is 16.7. The molecule has 4 rings (SSSR count). The van der Waals surface area contributed by atoms with E-state index in [9.17, 15) is 4.79 Å². The third-order valence-electron chi connectivity index (χ3n) is 4.51. The van der Waals surface area contributed by atoms with Gasteiger partial charge in [0, 0.05) is 11.8 Å². The van der Waals surface area contributed by atoms with Crippen LogP contribution in [0.3, 0.4) is 0 Å². The molecule has 0 radical (unpaired) electrons. The lowest BCUT2D eigenvalue weighted by Crippen LogP contribution is -2.12. The second-order valence-electron chi connectivity index (χ2n) is 6.55. The number of hydrogen-bond donors (Lipinski definition) is 1. The number of amides is 1. The molecule has 134 valence electrons. The molecule has 0 aliphatic heterocycles.